The highest BCUT2D eigenvalue weighted by Gasteiger charge is 2.28. The van der Waals surface area contributed by atoms with E-state index in [0.717, 1.165) is 36.8 Å². The number of carbonyl (C=O) groups excluding carboxylic acids is 1. The molecule has 0 bridgehead atoms. The summed E-state index contributed by atoms with van der Waals surface area (Å²) in [5.41, 5.74) is 8.28. The van der Waals surface area contributed by atoms with E-state index in [1.165, 1.54) is 11.8 Å². The standard InChI is InChI=1S/C18H26N6O2/c1-12-5-3-4-6-15(12)17(20-14-9-7-13(19)8-10-14)18-21-22-23-24(18)11-16(25)26-2/h3-6,13-14,17,20H,7-11,19H2,1-2H3. The molecule has 1 aliphatic rings. The summed E-state index contributed by atoms with van der Waals surface area (Å²) >= 11 is 0. The van der Waals surface area contributed by atoms with Gasteiger partial charge in [0.2, 0.25) is 0 Å². The highest BCUT2D eigenvalue weighted by Crippen LogP contribution is 2.27. The molecule has 26 heavy (non-hydrogen) atoms. The maximum atomic E-state index is 11.7. The zero-order valence-electron chi connectivity index (χ0n) is 15.3. The summed E-state index contributed by atoms with van der Waals surface area (Å²) in [5, 5.41) is 15.7. The van der Waals surface area contributed by atoms with Crippen LogP contribution in [0.1, 0.15) is 48.7 Å². The van der Waals surface area contributed by atoms with E-state index in [9.17, 15) is 4.79 Å². The molecule has 0 radical (unpaired) electrons. The Bertz CT molecular complexity index is 739. The molecule has 3 N–H and O–H groups in total. The summed E-state index contributed by atoms with van der Waals surface area (Å²) in [6.45, 7) is 2.05. The fourth-order valence-electron chi connectivity index (χ4n) is 3.45. The highest BCUT2D eigenvalue weighted by atomic mass is 16.5. The molecule has 8 nitrogen and oxygen atoms in total. The number of esters is 1. The molecule has 2 aromatic rings. The van der Waals surface area contributed by atoms with Crippen LogP contribution < -0.4 is 11.1 Å². The largest absolute Gasteiger partial charge is 0.468 e. The van der Waals surface area contributed by atoms with E-state index >= 15 is 0 Å². The van der Waals surface area contributed by atoms with Gasteiger partial charge >= 0.3 is 5.97 Å². The van der Waals surface area contributed by atoms with E-state index in [1.807, 2.05) is 12.1 Å². The van der Waals surface area contributed by atoms with Crippen LogP contribution in [0.2, 0.25) is 0 Å². The monoisotopic (exact) mass is 358 g/mol. The number of nitrogens with zero attached hydrogens (tertiary/aromatic N) is 4. The number of rotatable bonds is 6. The van der Waals surface area contributed by atoms with Crippen molar-refractivity contribution in [3.8, 4) is 0 Å². The molecule has 1 aliphatic carbocycles. The number of methoxy groups -OCH3 is 1. The number of carbonyl (C=O) groups is 1. The molecule has 1 unspecified atom stereocenters. The van der Waals surface area contributed by atoms with Gasteiger partial charge in [0.25, 0.3) is 0 Å². The van der Waals surface area contributed by atoms with Crippen LogP contribution in [0.5, 0.6) is 0 Å². The van der Waals surface area contributed by atoms with Crippen LogP contribution in [0.25, 0.3) is 0 Å². The zero-order valence-corrected chi connectivity index (χ0v) is 15.3. The molecule has 140 valence electrons. The average molecular weight is 358 g/mol. The smallest absolute Gasteiger partial charge is 0.327 e. The summed E-state index contributed by atoms with van der Waals surface area (Å²) in [6.07, 6.45) is 4.04. The van der Waals surface area contributed by atoms with Gasteiger partial charge in [-0.05, 0) is 54.2 Å². The SMILES string of the molecule is COC(=O)Cn1nnnc1C(NC1CCC(N)CC1)c1ccccc1C. The number of hydrogen-bond acceptors (Lipinski definition) is 7. The molecule has 1 heterocycles. The van der Waals surface area contributed by atoms with Gasteiger partial charge in [0.1, 0.15) is 6.54 Å². The van der Waals surface area contributed by atoms with Gasteiger partial charge in [0.05, 0.1) is 13.2 Å². The summed E-state index contributed by atoms with van der Waals surface area (Å²) in [6, 6.07) is 8.57. The van der Waals surface area contributed by atoms with Gasteiger partial charge in [-0.15, -0.1) is 5.10 Å². The van der Waals surface area contributed by atoms with E-state index < -0.39 is 0 Å². The third-order valence-electron chi connectivity index (χ3n) is 5.00. The fourth-order valence-corrected chi connectivity index (χ4v) is 3.45. The second-order valence-corrected chi connectivity index (χ2v) is 6.84. The van der Waals surface area contributed by atoms with Crippen LogP contribution in [0.15, 0.2) is 24.3 Å². The van der Waals surface area contributed by atoms with Crippen molar-refractivity contribution in [1.82, 2.24) is 25.5 Å². The highest BCUT2D eigenvalue weighted by molar-refractivity contribution is 5.68. The van der Waals surface area contributed by atoms with Crippen molar-refractivity contribution in [2.45, 2.75) is 57.3 Å². The first-order valence-corrected chi connectivity index (χ1v) is 8.98. The third kappa shape index (κ3) is 4.25. The Morgan fingerprint density at radius 1 is 1.35 bits per heavy atom. The maximum Gasteiger partial charge on any atom is 0.327 e. The Labute approximate surface area is 153 Å². The zero-order chi connectivity index (χ0) is 18.5. The maximum absolute atomic E-state index is 11.7. The first kappa shape index (κ1) is 18.5. The Kier molecular flexibility index (Phi) is 5.95. The summed E-state index contributed by atoms with van der Waals surface area (Å²) < 4.78 is 6.26. The van der Waals surface area contributed by atoms with Gasteiger partial charge in [-0.2, -0.15) is 0 Å². The number of nitrogens with two attached hydrogens (primary N) is 1. The molecule has 0 aliphatic heterocycles. The summed E-state index contributed by atoms with van der Waals surface area (Å²) in [5.74, 6) is 0.227. The molecule has 1 saturated carbocycles. The number of tetrazole rings is 1. The first-order chi connectivity index (χ1) is 12.6. The lowest BCUT2D eigenvalue weighted by atomic mass is 9.90. The van der Waals surface area contributed by atoms with E-state index in [4.69, 9.17) is 10.5 Å². The van der Waals surface area contributed by atoms with Gasteiger partial charge in [0, 0.05) is 12.1 Å². The topological polar surface area (TPSA) is 108 Å². The van der Waals surface area contributed by atoms with Gasteiger partial charge in [-0.3, -0.25) is 4.79 Å². The lowest BCUT2D eigenvalue weighted by Gasteiger charge is -2.31. The van der Waals surface area contributed by atoms with Gasteiger partial charge in [0.15, 0.2) is 5.82 Å². The molecule has 3 rings (SSSR count). The average Bonchev–Trinajstić information content (AvgIpc) is 3.09. The van der Waals surface area contributed by atoms with Crippen LogP contribution in [0.3, 0.4) is 0 Å². The van der Waals surface area contributed by atoms with Crippen molar-refractivity contribution >= 4 is 5.97 Å². The van der Waals surface area contributed by atoms with Crippen LogP contribution >= 0.6 is 0 Å². The van der Waals surface area contributed by atoms with Crippen molar-refractivity contribution in [2.24, 2.45) is 5.73 Å². The van der Waals surface area contributed by atoms with Gasteiger partial charge in [-0.25, -0.2) is 4.68 Å². The van der Waals surface area contributed by atoms with Crippen molar-refractivity contribution in [2.75, 3.05) is 7.11 Å². The predicted molar refractivity (Wildman–Crippen MR) is 96.2 cm³/mol. The van der Waals surface area contributed by atoms with E-state index in [-0.39, 0.29) is 24.6 Å². The molecule has 1 aromatic carbocycles. The molecular formula is C18H26N6O2. The molecule has 0 amide bonds. The lowest BCUT2D eigenvalue weighted by molar-refractivity contribution is -0.141. The minimum absolute atomic E-state index is 0.0154. The number of aryl methyl sites for hydroxylation is 1. The van der Waals surface area contributed by atoms with E-state index in [0.29, 0.717) is 11.9 Å². The van der Waals surface area contributed by atoms with E-state index in [2.05, 4.69) is 39.9 Å². The number of ether oxygens (including phenoxy) is 1. The predicted octanol–water partition coefficient (Wildman–Crippen LogP) is 1.10. The number of hydrogen-bond donors (Lipinski definition) is 2. The molecule has 1 atom stereocenters. The van der Waals surface area contributed by atoms with E-state index in [1.54, 1.807) is 0 Å². The van der Waals surface area contributed by atoms with Crippen LogP contribution in [0.4, 0.5) is 0 Å². The molecule has 1 aromatic heterocycles. The van der Waals surface area contributed by atoms with Crippen LogP contribution in [-0.4, -0.2) is 45.4 Å². The molecule has 0 saturated heterocycles. The minimum atomic E-state index is -0.384. The molecule has 1 fully saturated rings. The van der Waals surface area contributed by atoms with Gasteiger partial charge in [-0.1, -0.05) is 24.3 Å². The summed E-state index contributed by atoms with van der Waals surface area (Å²) in [7, 11) is 1.36. The lowest BCUT2D eigenvalue weighted by Crippen LogP contribution is -2.40. The first-order valence-electron chi connectivity index (χ1n) is 8.98. The second-order valence-electron chi connectivity index (χ2n) is 6.84. The minimum Gasteiger partial charge on any atom is -0.468 e. The Morgan fingerprint density at radius 2 is 2.08 bits per heavy atom. The second kappa shape index (κ2) is 8.37. The molecule has 0 spiro atoms. The molecular weight excluding hydrogens is 332 g/mol. The van der Waals surface area contributed by atoms with Gasteiger partial charge < -0.3 is 15.8 Å². The van der Waals surface area contributed by atoms with Crippen molar-refractivity contribution in [1.29, 1.82) is 0 Å². The normalized spacial score (nSPS) is 21.3. The van der Waals surface area contributed by atoms with Crippen molar-refractivity contribution in [3.05, 3.63) is 41.2 Å². The third-order valence-corrected chi connectivity index (χ3v) is 5.00. The quantitative estimate of drug-likeness (QED) is 0.745. The summed E-state index contributed by atoms with van der Waals surface area (Å²) in [4.78, 5) is 11.7. The van der Waals surface area contributed by atoms with Crippen molar-refractivity contribution in [3.63, 3.8) is 0 Å². The number of benzene rings is 1. The molecule has 8 heteroatoms. The Morgan fingerprint density at radius 3 is 2.77 bits per heavy atom. The number of aromatic nitrogens is 4. The van der Waals surface area contributed by atoms with Crippen molar-refractivity contribution < 1.29 is 9.53 Å². The van der Waals surface area contributed by atoms with Crippen LogP contribution in [0, 0.1) is 6.92 Å². The number of nitrogens with one attached hydrogen (secondary N) is 1. The Balaban J connectivity index is 1.90. The fraction of sp³-hybridized carbons (Fsp3) is 0.556. The Hall–Kier alpha value is -2.32. The van der Waals surface area contributed by atoms with Crippen LogP contribution in [-0.2, 0) is 16.1 Å².